The van der Waals surface area contributed by atoms with E-state index in [2.05, 4.69) is 0 Å². The molecular formula is C13H18ClNO2. The molecule has 4 heteroatoms. The summed E-state index contributed by atoms with van der Waals surface area (Å²) in [6.07, 6.45) is 0. The first kappa shape index (κ1) is 14.0. The highest BCUT2D eigenvalue weighted by atomic mass is 35.5. The topological polar surface area (TPSA) is 52.3 Å². The van der Waals surface area contributed by atoms with Crippen LogP contribution in [-0.2, 0) is 14.9 Å². The molecule has 2 N–H and O–H groups in total. The summed E-state index contributed by atoms with van der Waals surface area (Å²) in [5.74, 6) is -0.422. The van der Waals surface area contributed by atoms with Gasteiger partial charge in [-0.05, 0) is 30.2 Å². The van der Waals surface area contributed by atoms with E-state index in [0.717, 1.165) is 11.1 Å². The Hall–Kier alpha value is -1.06. The number of aryl methyl sites for hydroxylation is 1. The summed E-state index contributed by atoms with van der Waals surface area (Å²) in [6.45, 7) is 5.79. The smallest absolute Gasteiger partial charge is 0.323 e. The standard InChI is InChI=1S/C13H18ClNO2/c1-8-5-6-9(14)7-10(8)13(2,3)11(15)12(16)17-4/h5-7,11H,15H2,1-4H3. The Bertz CT molecular complexity index is 429. The third kappa shape index (κ3) is 2.79. The van der Waals surface area contributed by atoms with Crippen molar-refractivity contribution in [1.82, 2.24) is 0 Å². The fourth-order valence-corrected chi connectivity index (χ4v) is 2.05. The van der Waals surface area contributed by atoms with Gasteiger partial charge in [0.05, 0.1) is 7.11 Å². The molecule has 1 aromatic rings. The van der Waals surface area contributed by atoms with Gasteiger partial charge in [0.1, 0.15) is 6.04 Å². The van der Waals surface area contributed by atoms with E-state index in [1.54, 1.807) is 0 Å². The van der Waals surface area contributed by atoms with Crippen molar-refractivity contribution in [1.29, 1.82) is 0 Å². The van der Waals surface area contributed by atoms with Gasteiger partial charge in [0.25, 0.3) is 0 Å². The minimum absolute atomic E-state index is 0.422. The van der Waals surface area contributed by atoms with Crippen LogP contribution in [0.25, 0.3) is 0 Å². The third-order valence-corrected chi connectivity index (χ3v) is 3.36. The summed E-state index contributed by atoms with van der Waals surface area (Å²) in [4.78, 5) is 11.5. The molecule has 0 aromatic heterocycles. The van der Waals surface area contributed by atoms with E-state index in [4.69, 9.17) is 22.1 Å². The number of rotatable bonds is 3. The predicted octanol–water partition coefficient (Wildman–Crippen LogP) is 2.43. The number of halogens is 1. The summed E-state index contributed by atoms with van der Waals surface area (Å²) >= 11 is 5.98. The van der Waals surface area contributed by atoms with E-state index in [9.17, 15) is 4.79 Å². The lowest BCUT2D eigenvalue weighted by Crippen LogP contribution is -2.47. The molecule has 0 amide bonds. The van der Waals surface area contributed by atoms with Crippen LogP contribution in [0.2, 0.25) is 5.02 Å². The van der Waals surface area contributed by atoms with Gasteiger partial charge in [-0.25, -0.2) is 0 Å². The molecule has 17 heavy (non-hydrogen) atoms. The van der Waals surface area contributed by atoms with Crippen molar-refractivity contribution in [2.24, 2.45) is 5.73 Å². The van der Waals surface area contributed by atoms with Gasteiger partial charge in [0, 0.05) is 10.4 Å². The number of carbonyl (C=O) groups is 1. The molecule has 0 bridgehead atoms. The molecule has 1 rings (SSSR count). The molecule has 0 aliphatic carbocycles. The van der Waals surface area contributed by atoms with Gasteiger partial charge in [-0.2, -0.15) is 0 Å². The van der Waals surface area contributed by atoms with Crippen molar-refractivity contribution < 1.29 is 9.53 Å². The first-order valence-electron chi connectivity index (χ1n) is 5.40. The lowest BCUT2D eigenvalue weighted by molar-refractivity contribution is -0.143. The molecule has 0 spiro atoms. The second kappa shape index (κ2) is 5.07. The maximum absolute atomic E-state index is 11.5. The Morgan fingerprint density at radius 2 is 2.06 bits per heavy atom. The number of methoxy groups -OCH3 is 1. The second-order valence-corrected chi connectivity index (χ2v) is 5.12. The fourth-order valence-electron chi connectivity index (χ4n) is 1.88. The highest BCUT2D eigenvalue weighted by Gasteiger charge is 2.35. The number of hydrogen-bond acceptors (Lipinski definition) is 3. The molecule has 0 saturated heterocycles. The Morgan fingerprint density at radius 3 is 2.59 bits per heavy atom. The van der Waals surface area contributed by atoms with Crippen molar-refractivity contribution in [3.63, 3.8) is 0 Å². The summed E-state index contributed by atoms with van der Waals surface area (Å²) in [7, 11) is 1.34. The fraction of sp³-hybridized carbons (Fsp3) is 0.462. The average molecular weight is 256 g/mol. The molecule has 1 unspecified atom stereocenters. The summed E-state index contributed by atoms with van der Waals surface area (Å²) in [5.41, 5.74) is 7.43. The van der Waals surface area contributed by atoms with Crippen molar-refractivity contribution in [2.45, 2.75) is 32.2 Å². The molecule has 1 atom stereocenters. The predicted molar refractivity (Wildman–Crippen MR) is 69.2 cm³/mol. The van der Waals surface area contributed by atoms with E-state index < -0.39 is 17.4 Å². The van der Waals surface area contributed by atoms with Crippen LogP contribution in [0.1, 0.15) is 25.0 Å². The first-order valence-corrected chi connectivity index (χ1v) is 5.78. The van der Waals surface area contributed by atoms with E-state index in [1.807, 2.05) is 39.0 Å². The van der Waals surface area contributed by atoms with Crippen molar-refractivity contribution >= 4 is 17.6 Å². The van der Waals surface area contributed by atoms with E-state index in [1.165, 1.54) is 7.11 Å². The highest BCUT2D eigenvalue weighted by Crippen LogP contribution is 2.31. The van der Waals surface area contributed by atoms with Gasteiger partial charge in [0.15, 0.2) is 0 Å². The molecule has 1 aromatic carbocycles. The van der Waals surface area contributed by atoms with E-state index >= 15 is 0 Å². The Kier molecular flexibility index (Phi) is 4.17. The Labute approximate surface area is 107 Å². The Balaban J connectivity index is 3.20. The highest BCUT2D eigenvalue weighted by molar-refractivity contribution is 6.30. The molecule has 3 nitrogen and oxygen atoms in total. The van der Waals surface area contributed by atoms with Crippen LogP contribution < -0.4 is 5.73 Å². The molecular weight excluding hydrogens is 238 g/mol. The van der Waals surface area contributed by atoms with Crippen LogP contribution in [0.3, 0.4) is 0 Å². The van der Waals surface area contributed by atoms with Crippen molar-refractivity contribution in [3.05, 3.63) is 34.3 Å². The van der Waals surface area contributed by atoms with Crippen molar-refractivity contribution in [2.75, 3.05) is 7.11 Å². The molecule has 0 fully saturated rings. The number of benzene rings is 1. The van der Waals surface area contributed by atoms with Crippen LogP contribution in [-0.4, -0.2) is 19.1 Å². The van der Waals surface area contributed by atoms with Gasteiger partial charge in [-0.3, -0.25) is 4.79 Å². The minimum atomic E-state index is -0.718. The lowest BCUT2D eigenvalue weighted by Gasteiger charge is -2.31. The maximum Gasteiger partial charge on any atom is 0.323 e. The monoisotopic (exact) mass is 255 g/mol. The quantitative estimate of drug-likeness (QED) is 0.844. The average Bonchev–Trinajstić information content (AvgIpc) is 2.30. The van der Waals surface area contributed by atoms with Crippen LogP contribution >= 0.6 is 11.6 Å². The van der Waals surface area contributed by atoms with Crippen molar-refractivity contribution in [3.8, 4) is 0 Å². The van der Waals surface area contributed by atoms with Crippen LogP contribution in [0.15, 0.2) is 18.2 Å². The number of hydrogen-bond donors (Lipinski definition) is 1. The molecule has 0 radical (unpaired) electrons. The first-order chi connectivity index (χ1) is 7.80. The van der Waals surface area contributed by atoms with Gasteiger partial charge in [-0.15, -0.1) is 0 Å². The van der Waals surface area contributed by atoms with Crippen LogP contribution in [0.4, 0.5) is 0 Å². The van der Waals surface area contributed by atoms with Gasteiger partial charge < -0.3 is 10.5 Å². The minimum Gasteiger partial charge on any atom is -0.468 e. The zero-order valence-electron chi connectivity index (χ0n) is 10.6. The summed E-state index contributed by atoms with van der Waals surface area (Å²) in [6, 6.07) is 4.87. The molecule has 0 aliphatic heterocycles. The number of esters is 1. The maximum atomic E-state index is 11.5. The third-order valence-electron chi connectivity index (χ3n) is 3.13. The second-order valence-electron chi connectivity index (χ2n) is 4.68. The largest absolute Gasteiger partial charge is 0.468 e. The van der Waals surface area contributed by atoms with Gasteiger partial charge in [0.2, 0.25) is 0 Å². The zero-order chi connectivity index (χ0) is 13.2. The number of nitrogens with two attached hydrogens (primary N) is 1. The molecule has 0 heterocycles. The van der Waals surface area contributed by atoms with Gasteiger partial charge >= 0.3 is 5.97 Å². The lowest BCUT2D eigenvalue weighted by atomic mass is 9.76. The van der Waals surface area contributed by atoms with Crippen LogP contribution in [0.5, 0.6) is 0 Å². The van der Waals surface area contributed by atoms with E-state index in [0.29, 0.717) is 5.02 Å². The molecule has 0 saturated carbocycles. The summed E-state index contributed by atoms with van der Waals surface area (Å²) in [5, 5.41) is 0.635. The Morgan fingerprint density at radius 1 is 1.47 bits per heavy atom. The van der Waals surface area contributed by atoms with Crippen LogP contribution in [0, 0.1) is 6.92 Å². The normalized spacial score (nSPS) is 13.3. The van der Waals surface area contributed by atoms with Gasteiger partial charge in [-0.1, -0.05) is 31.5 Å². The number of ether oxygens (including phenoxy) is 1. The molecule has 0 aliphatic rings. The SMILES string of the molecule is COC(=O)C(N)C(C)(C)c1cc(Cl)ccc1C. The summed E-state index contributed by atoms with van der Waals surface area (Å²) < 4.78 is 4.69. The van der Waals surface area contributed by atoms with E-state index in [-0.39, 0.29) is 0 Å². The zero-order valence-corrected chi connectivity index (χ0v) is 11.3. The number of carbonyl (C=O) groups excluding carboxylic acids is 1. The molecule has 94 valence electrons.